The van der Waals surface area contributed by atoms with E-state index < -0.39 is 0 Å². The molecule has 10 heteroatoms. The van der Waals surface area contributed by atoms with Crippen LogP contribution in [0.25, 0.3) is 0 Å². The zero-order valence-electron chi connectivity index (χ0n) is 18.8. The van der Waals surface area contributed by atoms with Gasteiger partial charge in [0.2, 0.25) is 0 Å². The third-order valence-electron chi connectivity index (χ3n) is 5.25. The number of hydrogen-bond donors (Lipinski definition) is 4. The van der Waals surface area contributed by atoms with E-state index in [1.165, 1.54) is 0 Å². The van der Waals surface area contributed by atoms with Crippen LogP contribution in [0.15, 0.2) is 60.7 Å². The smallest absolute Gasteiger partial charge is 0.0639 e. The predicted molar refractivity (Wildman–Crippen MR) is 159 cm³/mol. The first-order chi connectivity index (χ1) is 16.9. The van der Waals surface area contributed by atoms with E-state index in [0.29, 0.717) is 59.3 Å². The van der Waals surface area contributed by atoms with Crippen molar-refractivity contribution in [2.24, 2.45) is 0 Å². The minimum atomic E-state index is 0.442. The molecule has 4 nitrogen and oxygen atoms in total. The van der Waals surface area contributed by atoms with Crippen molar-refractivity contribution < 1.29 is 0 Å². The van der Waals surface area contributed by atoms with Gasteiger partial charge in [-0.1, -0.05) is 81.7 Å². The second-order valence-corrected chi connectivity index (χ2v) is 10.4. The minimum absolute atomic E-state index is 0.442. The van der Waals surface area contributed by atoms with Crippen LogP contribution in [0.3, 0.4) is 0 Å². The molecule has 0 fully saturated rings. The summed E-state index contributed by atoms with van der Waals surface area (Å²) < 4.78 is 0. The number of nitrogen functional groups attached to an aromatic ring is 4. The van der Waals surface area contributed by atoms with Crippen LogP contribution in [0.4, 0.5) is 22.7 Å². The molecule has 4 aromatic carbocycles. The van der Waals surface area contributed by atoms with Crippen LogP contribution >= 0.6 is 69.6 Å². The van der Waals surface area contributed by atoms with Gasteiger partial charge in [-0.25, -0.2) is 0 Å². The minimum Gasteiger partial charge on any atom is -0.398 e. The molecule has 0 aliphatic carbocycles. The van der Waals surface area contributed by atoms with Crippen molar-refractivity contribution in [3.8, 4) is 0 Å². The summed E-state index contributed by atoms with van der Waals surface area (Å²) in [6.45, 7) is 0. The van der Waals surface area contributed by atoms with Crippen molar-refractivity contribution in [1.82, 2.24) is 0 Å². The number of halogens is 6. The standard InChI is InChI=1S/C13H10Cl4N2.C13H12Cl2N2/c14-8-4-12(18)10(16)2-6(8)1-7-3-11(17)13(19)5-9(7)15;14-10-6-8(1-3-12(10)16)5-9-2-4-13(17)11(15)7-9/h2-5H,1,18-19H2;1-4,6-7H,5,16-17H2. The van der Waals surface area contributed by atoms with E-state index in [4.69, 9.17) is 92.5 Å². The zero-order valence-corrected chi connectivity index (χ0v) is 23.3. The second-order valence-electron chi connectivity index (χ2n) is 8.00. The highest BCUT2D eigenvalue weighted by molar-refractivity contribution is 6.36. The predicted octanol–water partition coefficient (Wildman–Crippen LogP) is 8.80. The maximum absolute atomic E-state index is 6.14. The molecule has 0 aliphatic rings. The van der Waals surface area contributed by atoms with Gasteiger partial charge in [0, 0.05) is 16.5 Å². The Balaban J connectivity index is 0.000000202. The van der Waals surface area contributed by atoms with Crippen molar-refractivity contribution in [2.45, 2.75) is 12.8 Å². The fourth-order valence-corrected chi connectivity index (χ4v) is 4.54. The largest absolute Gasteiger partial charge is 0.398 e. The molecule has 4 rings (SSSR count). The van der Waals surface area contributed by atoms with Gasteiger partial charge in [-0.3, -0.25) is 0 Å². The Hall–Kier alpha value is -2.18. The average Bonchev–Trinajstić information content (AvgIpc) is 2.81. The normalized spacial score (nSPS) is 10.6. The fraction of sp³-hybridized carbons (Fsp3) is 0.0769. The molecule has 8 N–H and O–H groups in total. The van der Waals surface area contributed by atoms with E-state index in [-0.39, 0.29) is 0 Å². The molecule has 0 saturated carbocycles. The Kier molecular flexibility index (Phi) is 9.76. The highest BCUT2D eigenvalue weighted by Gasteiger charge is 2.11. The Morgan fingerprint density at radius 1 is 0.389 bits per heavy atom. The summed E-state index contributed by atoms with van der Waals surface area (Å²) in [6.07, 6.45) is 1.25. The Labute approximate surface area is 240 Å². The van der Waals surface area contributed by atoms with Crippen molar-refractivity contribution >= 4 is 92.4 Å². The third-order valence-corrected chi connectivity index (χ3v) is 7.26. The van der Waals surface area contributed by atoms with Crippen LogP contribution in [-0.2, 0) is 12.8 Å². The summed E-state index contributed by atoms with van der Waals surface area (Å²) in [5, 5.41) is 3.12. The maximum atomic E-state index is 6.14. The lowest BCUT2D eigenvalue weighted by atomic mass is 10.0. The number of benzene rings is 4. The number of hydrogen-bond acceptors (Lipinski definition) is 4. The lowest BCUT2D eigenvalue weighted by molar-refractivity contribution is 1.19. The molecular weight excluding hydrogens is 581 g/mol. The van der Waals surface area contributed by atoms with E-state index in [1.807, 2.05) is 24.3 Å². The Morgan fingerprint density at radius 3 is 1.11 bits per heavy atom. The molecule has 0 amide bonds. The van der Waals surface area contributed by atoms with Crippen molar-refractivity contribution in [3.05, 3.63) is 113 Å². The highest BCUT2D eigenvalue weighted by Crippen LogP contribution is 2.33. The van der Waals surface area contributed by atoms with Crippen LogP contribution in [0.5, 0.6) is 0 Å². The topological polar surface area (TPSA) is 104 Å². The van der Waals surface area contributed by atoms with E-state index in [1.54, 1.807) is 36.4 Å². The fourth-order valence-electron chi connectivity index (χ4n) is 3.28. The Morgan fingerprint density at radius 2 is 0.750 bits per heavy atom. The molecule has 0 radical (unpaired) electrons. The van der Waals surface area contributed by atoms with Crippen LogP contribution in [0.2, 0.25) is 30.1 Å². The second kappa shape index (κ2) is 12.4. The Bertz CT molecular complexity index is 1300. The monoisotopic (exact) mass is 600 g/mol. The molecule has 0 saturated heterocycles. The van der Waals surface area contributed by atoms with E-state index >= 15 is 0 Å². The van der Waals surface area contributed by atoms with E-state index in [0.717, 1.165) is 28.7 Å². The van der Waals surface area contributed by atoms with Crippen LogP contribution in [-0.4, -0.2) is 0 Å². The third kappa shape index (κ3) is 7.42. The quantitative estimate of drug-likeness (QED) is 0.175. The molecular formula is C26H22Cl6N4. The summed E-state index contributed by atoms with van der Waals surface area (Å²) in [5.41, 5.74) is 28.5. The molecule has 0 atom stereocenters. The molecule has 0 heterocycles. The summed E-state index contributed by atoms with van der Waals surface area (Å²) in [6, 6.07) is 17.9. The van der Waals surface area contributed by atoms with Gasteiger partial charge in [0.15, 0.2) is 0 Å². The summed E-state index contributed by atoms with van der Waals surface area (Å²) in [7, 11) is 0. The number of nitrogens with two attached hydrogens (primary N) is 4. The van der Waals surface area contributed by atoms with Crippen molar-refractivity contribution in [3.63, 3.8) is 0 Å². The van der Waals surface area contributed by atoms with Crippen molar-refractivity contribution in [2.75, 3.05) is 22.9 Å². The maximum Gasteiger partial charge on any atom is 0.0639 e. The first kappa shape index (κ1) is 28.4. The van der Waals surface area contributed by atoms with Crippen LogP contribution in [0.1, 0.15) is 22.3 Å². The van der Waals surface area contributed by atoms with Gasteiger partial charge in [0.1, 0.15) is 0 Å². The molecule has 188 valence electrons. The van der Waals surface area contributed by atoms with Crippen LogP contribution < -0.4 is 22.9 Å². The number of rotatable bonds is 4. The first-order valence-corrected chi connectivity index (χ1v) is 12.8. The summed E-state index contributed by atoms with van der Waals surface area (Å²) >= 11 is 36.2. The van der Waals surface area contributed by atoms with Gasteiger partial charge >= 0.3 is 0 Å². The van der Waals surface area contributed by atoms with Gasteiger partial charge in [-0.2, -0.15) is 0 Å². The molecule has 36 heavy (non-hydrogen) atoms. The lowest BCUT2D eigenvalue weighted by Crippen LogP contribution is -1.96. The highest BCUT2D eigenvalue weighted by atomic mass is 35.5. The molecule has 0 spiro atoms. The molecule has 4 aromatic rings. The summed E-state index contributed by atoms with van der Waals surface area (Å²) in [4.78, 5) is 0. The molecule has 0 unspecified atom stereocenters. The van der Waals surface area contributed by atoms with Gasteiger partial charge in [-0.15, -0.1) is 0 Å². The van der Waals surface area contributed by atoms with Crippen molar-refractivity contribution in [1.29, 1.82) is 0 Å². The molecule has 0 bridgehead atoms. The van der Waals surface area contributed by atoms with E-state index in [9.17, 15) is 0 Å². The molecule has 0 aliphatic heterocycles. The number of anilines is 4. The van der Waals surface area contributed by atoms with Gasteiger partial charge in [0.25, 0.3) is 0 Å². The zero-order chi connectivity index (χ0) is 26.6. The van der Waals surface area contributed by atoms with Crippen LogP contribution in [0, 0.1) is 0 Å². The van der Waals surface area contributed by atoms with E-state index in [2.05, 4.69) is 0 Å². The van der Waals surface area contributed by atoms with Gasteiger partial charge in [0.05, 0.1) is 42.8 Å². The SMILES string of the molecule is Nc1cc(Cl)c(Cc2cc(Cl)c(N)cc2Cl)cc1Cl.Nc1ccc(Cc2ccc(N)c(Cl)c2)cc1Cl. The molecule has 0 aromatic heterocycles. The summed E-state index contributed by atoms with van der Waals surface area (Å²) in [5.74, 6) is 0. The van der Waals surface area contributed by atoms with Gasteiger partial charge < -0.3 is 22.9 Å². The lowest BCUT2D eigenvalue weighted by Gasteiger charge is -2.10. The van der Waals surface area contributed by atoms with Gasteiger partial charge in [-0.05, 0) is 77.2 Å². The average molecular weight is 603 g/mol. The first-order valence-electron chi connectivity index (χ1n) is 10.5.